The molecule has 2 aromatic rings. The van der Waals surface area contributed by atoms with Crippen molar-refractivity contribution in [2.45, 2.75) is 26.8 Å². The maximum Gasteiger partial charge on any atom is 0.124 e. The summed E-state index contributed by atoms with van der Waals surface area (Å²) < 4.78 is 7.80. The lowest BCUT2D eigenvalue weighted by atomic mass is 10.1. The van der Waals surface area contributed by atoms with Gasteiger partial charge in [0.25, 0.3) is 0 Å². The molecule has 96 valence electrons. The van der Waals surface area contributed by atoms with E-state index in [1.54, 1.807) is 6.20 Å². The second-order valence-corrected chi connectivity index (χ2v) is 4.48. The Hall–Kier alpha value is -1.97. The van der Waals surface area contributed by atoms with E-state index in [1.165, 1.54) is 0 Å². The average Bonchev–Trinajstić information content (AvgIpc) is 2.84. The number of nitrogen functional groups attached to an aromatic ring is 1. The van der Waals surface area contributed by atoms with Crippen LogP contribution in [0.25, 0.3) is 0 Å². The molecule has 0 saturated heterocycles. The van der Waals surface area contributed by atoms with E-state index in [2.05, 4.69) is 11.1 Å². The standard InChI is InChI=1S/C14H19N3O/c1-11-8-12(2)14(9-13(11)15)18-7-3-5-17-6-4-16-10-17/h4,6,8-10H,3,5,7,15H2,1-2H3. The molecule has 2 N–H and O–H groups in total. The Morgan fingerprint density at radius 2 is 2.11 bits per heavy atom. The number of nitrogens with two attached hydrogens (primary N) is 1. The fourth-order valence-corrected chi connectivity index (χ4v) is 1.85. The summed E-state index contributed by atoms with van der Waals surface area (Å²) in [6.07, 6.45) is 6.50. The van der Waals surface area contributed by atoms with E-state index in [9.17, 15) is 0 Å². The van der Waals surface area contributed by atoms with Gasteiger partial charge in [0, 0.05) is 30.7 Å². The first-order valence-electron chi connectivity index (χ1n) is 6.12. The number of aryl methyl sites for hydroxylation is 3. The Balaban J connectivity index is 1.85. The number of aromatic nitrogens is 2. The van der Waals surface area contributed by atoms with E-state index in [0.717, 1.165) is 35.5 Å². The number of hydrogen-bond acceptors (Lipinski definition) is 3. The number of benzene rings is 1. The van der Waals surface area contributed by atoms with Crippen LogP contribution in [0, 0.1) is 13.8 Å². The van der Waals surface area contributed by atoms with Gasteiger partial charge in [0.15, 0.2) is 0 Å². The molecule has 0 spiro atoms. The largest absolute Gasteiger partial charge is 0.493 e. The molecule has 0 bridgehead atoms. The van der Waals surface area contributed by atoms with E-state index < -0.39 is 0 Å². The minimum absolute atomic E-state index is 0.682. The van der Waals surface area contributed by atoms with E-state index in [1.807, 2.05) is 37.0 Å². The minimum atomic E-state index is 0.682. The molecule has 1 heterocycles. The van der Waals surface area contributed by atoms with Gasteiger partial charge in [0.2, 0.25) is 0 Å². The normalized spacial score (nSPS) is 10.6. The van der Waals surface area contributed by atoms with Crippen molar-refractivity contribution >= 4 is 5.69 Å². The Bertz CT molecular complexity index is 506. The molecule has 4 heteroatoms. The van der Waals surface area contributed by atoms with Crippen LogP contribution in [-0.4, -0.2) is 16.2 Å². The van der Waals surface area contributed by atoms with Crippen LogP contribution in [0.1, 0.15) is 17.5 Å². The van der Waals surface area contributed by atoms with Crippen LogP contribution in [0.2, 0.25) is 0 Å². The summed E-state index contributed by atoms with van der Waals surface area (Å²) in [5.74, 6) is 0.878. The molecular formula is C14H19N3O. The zero-order valence-corrected chi connectivity index (χ0v) is 10.9. The molecule has 1 aromatic carbocycles. The highest BCUT2D eigenvalue weighted by atomic mass is 16.5. The lowest BCUT2D eigenvalue weighted by molar-refractivity contribution is 0.300. The summed E-state index contributed by atoms with van der Waals surface area (Å²) in [7, 11) is 0. The summed E-state index contributed by atoms with van der Waals surface area (Å²) in [5, 5.41) is 0. The molecule has 0 saturated carbocycles. The molecule has 0 aliphatic carbocycles. The van der Waals surface area contributed by atoms with Gasteiger partial charge in [-0.15, -0.1) is 0 Å². The first kappa shape index (κ1) is 12.5. The highest BCUT2D eigenvalue weighted by molar-refractivity contribution is 5.54. The molecule has 0 aliphatic rings. The summed E-state index contributed by atoms with van der Waals surface area (Å²) in [6.45, 7) is 5.64. The Morgan fingerprint density at radius 3 is 2.83 bits per heavy atom. The lowest BCUT2D eigenvalue weighted by Gasteiger charge is -2.11. The van der Waals surface area contributed by atoms with E-state index in [0.29, 0.717) is 6.61 Å². The summed E-state index contributed by atoms with van der Waals surface area (Å²) >= 11 is 0. The Labute approximate surface area is 107 Å². The van der Waals surface area contributed by atoms with Crippen molar-refractivity contribution in [3.05, 3.63) is 42.0 Å². The molecule has 0 radical (unpaired) electrons. The number of rotatable bonds is 5. The number of imidazole rings is 1. The highest BCUT2D eigenvalue weighted by Gasteiger charge is 2.03. The lowest BCUT2D eigenvalue weighted by Crippen LogP contribution is -2.04. The third-order valence-corrected chi connectivity index (χ3v) is 2.94. The third kappa shape index (κ3) is 3.03. The van der Waals surface area contributed by atoms with Crippen molar-refractivity contribution in [3.8, 4) is 5.75 Å². The summed E-state index contributed by atoms with van der Waals surface area (Å²) in [6, 6.07) is 3.96. The van der Waals surface area contributed by atoms with E-state index in [4.69, 9.17) is 10.5 Å². The first-order chi connectivity index (χ1) is 8.66. The Morgan fingerprint density at radius 1 is 1.28 bits per heavy atom. The van der Waals surface area contributed by atoms with Crippen molar-refractivity contribution in [2.24, 2.45) is 0 Å². The maximum absolute atomic E-state index is 5.88. The molecule has 18 heavy (non-hydrogen) atoms. The fourth-order valence-electron chi connectivity index (χ4n) is 1.85. The zero-order chi connectivity index (χ0) is 13.0. The van der Waals surface area contributed by atoms with Crippen molar-refractivity contribution in [1.29, 1.82) is 0 Å². The van der Waals surface area contributed by atoms with Crippen molar-refractivity contribution in [3.63, 3.8) is 0 Å². The molecular weight excluding hydrogens is 226 g/mol. The molecule has 1 aromatic heterocycles. The second kappa shape index (κ2) is 5.58. The van der Waals surface area contributed by atoms with Gasteiger partial charge in [0.1, 0.15) is 5.75 Å². The number of hydrogen-bond donors (Lipinski definition) is 1. The summed E-state index contributed by atoms with van der Waals surface area (Å²) in [5.41, 5.74) is 8.89. The highest BCUT2D eigenvalue weighted by Crippen LogP contribution is 2.24. The van der Waals surface area contributed by atoms with E-state index >= 15 is 0 Å². The van der Waals surface area contributed by atoms with Gasteiger partial charge in [-0.1, -0.05) is 6.07 Å². The van der Waals surface area contributed by atoms with Crippen LogP contribution in [0.5, 0.6) is 5.75 Å². The zero-order valence-electron chi connectivity index (χ0n) is 10.9. The van der Waals surface area contributed by atoms with Gasteiger partial charge >= 0.3 is 0 Å². The van der Waals surface area contributed by atoms with Gasteiger partial charge in [-0.2, -0.15) is 0 Å². The van der Waals surface area contributed by atoms with Crippen LogP contribution >= 0.6 is 0 Å². The van der Waals surface area contributed by atoms with Crippen LogP contribution in [0.3, 0.4) is 0 Å². The average molecular weight is 245 g/mol. The smallest absolute Gasteiger partial charge is 0.124 e. The maximum atomic E-state index is 5.88. The molecule has 0 unspecified atom stereocenters. The second-order valence-electron chi connectivity index (χ2n) is 4.48. The molecule has 2 rings (SSSR count). The number of anilines is 1. The van der Waals surface area contributed by atoms with Gasteiger partial charge in [-0.05, 0) is 31.4 Å². The summed E-state index contributed by atoms with van der Waals surface area (Å²) in [4.78, 5) is 4.00. The predicted octanol–water partition coefficient (Wildman–Crippen LogP) is 2.55. The van der Waals surface area contributed by atoms with Gasteiger partial charge in [0.05, 0.1) is 12.9 Å². The van der Waals surface area contributed by atoms with Gasteiger partial charge in [-0.3, -0.25) is 0 Å². The van der Waals surface area contributed by atoms with E-state index in [-0.39, 0.29) is 0 Å². The molecule has 4 nitrogen and oxygen atoms in total. The van der Waals surface area contributed by atoms with Crippen LogP contribution in [0.15, 0.2) is 30.9 Å². The Kier molecular flexibility index (Phi) is 3.87. The first-order valence-corrected chi connectivity index (χ1v) is 6.12. The quantitative estimate of drug-likeness (QED) is 0.650. The van der Waals surface area contributed by atoms with Crippen LogP contribution in [-0.2, 0) is 6.54 Å². The van der Waals surface area contributed by atoms with Crippen molar-refractivity contribution in [1.82, 2.24) is 9.55 Å². The number of ether oxygens (including phenoxy) is 1. The fraction of sp³-hybridized carbons (Fsp3) is 0.357. The van der Waals surface area contributed by atoms with Gasteiger partial charge in [-0.25, -0.2) is 4.98 Å². The molecule has 0 aliphatic heterocycles. The third-order valence-electron chi connectivity index (χ3n) is 2.94. The predicted molar refractivity (Wildman–Crippen MR) is 72.7 cm³/mol. The molecule has 0 atom stereocenters. The molecule has 0 fully saturated rings. The van der Waals surface area contributed by atoms with Crippen molar-refractivity contribution in [2.75, 3.05) is 12.3 Å². The molecule has 0 amide bonds. The minimum Gasteiger partial charge on any atom is -0.493 e. The van der Waals surface area contributed by atoms with Crippen molar-refractivity contribution < 1.29 is 4.74 Å². The number of nitrogens with zero attached hydrogens (tertiary/aromatic N) is 2. The van der Waals surface area contributed by atoms with Gasteiger partial charge < -0.3 is 15.0 Å². The van der Waals surface area contributed by atoms with Crippen LogP contribution in [0.4, 0.5) is 5.69 Å². The SMILES string of the molecule is Cc1cc(C)c(OCCCn2ccnc2)cc1N. The monoisotopic (exact) mass is 245 g/mol. The topological polar surface area (TPSA) is 53.1 Å². The van der Waals surface area contributed by atoms with Crippen LogP contribution < -0.4 is 10.5 Å².